The van der Waals surface area contributed by atoms with Gasteiger partial charge >= 0.3 is 0 Å². The standard InChI is InChI=1S/C14H17ClN2/c1-3-16-10-13-5-4-8-17(13)14-7-6-12(15)9-11(14)2/h4-9,16H,3,10H2,1-2H3. The molecule has 17 heavy (non-hydrogen) atoms. The third-order valence-corrected chi connectivity index (χ3v) is 3.04. The van der Waals surface area contributed by atoms with E-state index in [2.05, 4.69) is 48.1 Å². The van der Waals surface area contributed by atoms with Gasteiger partial charge in [0.25, 0.3) is 0 Å². The Balaban J connectivity index is 2.35. The number of nitrogens with zero attached hydrogens (tertiary/aromatic N) is 1. The first kappa shape index (κ1) is 12.2. The van der Waals surface area contributed by atoms with Crippen molar-refractivity contribution in [2.24, 2.45) is 0 Å². The first-order valence-electron chi connectivity index (χ1n) is 5.86. The zero-order valence-corrected chi connectivity index (χ0v) is 11.0. The molecule has 0 atom stereocenters. The first-order valence-corrected chi connectivity index (χ1v) is 6.23. The smallest absolute Gasteiger partial charge is 0.0483 e. The summed E-state index contributed by atoms with van der Waals surface area (Å²) in [7, 11) is 0. The van der Waals surface area contributed by atoms with Crippen LogP contribution in [0.25, 0.3) is 5.69 Å². The molecule has 0 bridgehead atoms. The van der Waals surface area contributed by atoms with Crippen LogP contribution in [0, 0.1) is 6.92 Å². The second-order valence-electron chi connectivity index (χ2n) is 4.08. The summed E-state index contributed by atoms with van der Waals surface area (Å²) >= 11 is 5.98. The summed E-state index contributed by atoms with van der Waals surface area (Å²) in [5, 5.41) is 4.13. The second kappa shape index (κ2) is 5.39. The van der Waals surface area contributed by atoms with Gasteiger partial charge in [-0.1, -0.05) is 18.5 Å². The molecule has 1 aromatic heterocycles. The molecule has 2 nitrogen and oxygen atoms in total. The number of hydrogen-bond donors (Lipinski definition) is 1. The normalized spacial score (nSPS) is 10.8. The van der Waals surface area contributed by atoms with Crippen LogP contribution in [0.2, 0.25) is 5.02 Å². The molecule has 1 heterocycles. The van der Waals surface area contributed by atoms with Gasteiger partial charge in [0.1, 0.15) is 0 Å². The molecule has 1 N–H and O–H groups in total. The largest absolute Gasteiger partial charge is 0.319 e. The summed E-state index contributed by atoms with van der Waals surface area (Å²) in [4.78, 5) is 0. The Hall–Kier alpha value is -1.25. The minimum atomic E-state index is 0.784. The number of aromatic nitrogens is 1. The fourth-order valence-electron chi connectivity index (χ4n) is 1.94. The average molecular weight is 249 g/mol. The highest BCUT2D eigenvalue weighted by molar-refractivity contribution is 6.30. The molecule has 0 radical (unpaired) electrons. The first-order chi connectivity index (χ1) is 8.22. The summed E-state index contributed by atoms with van der Waals surface area (Å²) < 4.78 is 2.20. The van der Waals surface area contributed by atoms with Gasteiger partial charge in [-0.05, 0) is 49.4 Å². The quantitative estimate of drug-likeness (QED) is 0.876. The van der Waals surface area contributed by atoms with Crippen molar-refractivity contribution in [1.29, 1.82) is 0 Å². The molecule has 2 aromatic rings. The van der Waals surface area contributed by atoms with Crippen molar-refractivity contribution in [3.8, 4) is 5.69 Å². The van der Waals surface area contributed by atoms with Crippen molar-refractivity contribution in [2.45, 2.75) is 20.4 Å². The maximum Gasteiger partial charge on any atom is 0.0483 e. The van der Waals surface area contributed by atoms with Crippen LogP contribution in [0.15, 0.2) is 36.5 Å². The van der Waals surface area contributed by atoms with Crippen molar-refractivity contribution in [3.63, 3.8) is 0 Å². The molecule has 0 amide bonds. The van der Waals surface area contributed by atoms with Gasteiger partial charge in [0, 0.05) is 29.1 Å². The Morgan fingerprint density at radius 3 is 2.82 bits per heavy atom. The van der Waals surface area contributed by atoms with Gasteiger partial charge in [0.15, 0.2) is 0 Å². The van der Waals surface area contributed by atoms with Crippen LogP contribution in [0.4, 0.5) is 0 Å². The van der Waals surface area contributed by atoms with Crippen LogP contribution < -0.4 is 5.32 Å². The van der Waals surface area contributed by atoms with Crippen LogP contribution in [0.5, 0.6) is 0 Å². The monoisotopic (exact) mass is 248 g/mol. The van der Waals surface area contributed by atoms with E-state index < -0.39 is 0 Å². The summed E-state index contributed by atoms with van der Waals surface area (Å²) in [5.41, 5.74) is 3.64. The molecule has 0 saturated carbocycles. The van der Waals surface area contributed by atoms with E-state index >= 15 is 0 Å². The molecule has 3 heteroatoms. The predicted octanol–water partition coefficient (Wildman–Crippen LogP) is 3.55. The van der Waals surface area contributed by atoms with Crippen molar-refractivity contribution < 1.29 is 0 Å². The van der Waals surface area contributed by atoms with Gasteiger partial charge in [0.05, 0.1) is 0 Å². The lowest BCUT2D eigenvalue weighted by atomic mass is 10.2. The Labute approximate surface area is 107 Å². The lowest BCUT2D eigenvalue weighted by Crippen LogP contribution is -2.14. The summed E-state index contributed by atoms with van der Waals surface area (Å²) in [6.07, 6.45) is 2.09. The SMILES string of the molecule is CCNCc1cccn1-c1ccc(Cl)cc1C. The summed E-state index contributed by atoms with van der Waals surface area (Å²) in [6.45, 7) is 6.05. The van der Waals surface area contributed by atoms with Gasteiger partial charge in [-0.2, -0.15) is 0 Å². The van der Waals surface area contributed by atoms with Crippen LogP contribution >= 0.6 is 11.6 Å². The van der Waals surface area contributed by atoms with Gasteiger partial charge in [-0.3, -0.25) is 0 Å². The van der Waals surface area contributed by atoms with Gasteiger partial charge < -0.3 is 9.88 Å². The molecule has 0 aliphatic rings. The average Bonchev–Trinajstić information content (AvgIpc) is 2.74. The molecule has 0 unspecified atom stereocenters. The Kier molecular flexibility index (Phi) is 3.87. The topological polar surface area (TPSA) is 17.0 Å². The van der Waals surface area contributed by atoms with Crippen LogP contribution in [0.1, 0.15) is 18.2 Å². The van der Waals surface area contributed by atoms with E-state index in [0.717, 1.165) is 18.1 Å². The maximum absolute atomic E-state index is 5.98. The zero-order chi connectivity index (χ0) is 12.3. The number of benzene rings is 1. The zero-order valence-electron chi connectivity index (χ0n) is 10.2. The maximum atomic E-state index is 5.98. The second-order valence-corrected chi connectivity index (χ2v) is 4.52. The highest BCUT2D eigenvalue weighted by Gasteiger charge is 2.05. The molecule has 0 fully saturated rings. The molecule has 90 valence electrons. The highest BCUT2D eigenvalue weighted by Crippen LogP contribution is 2.20. The van der Waals surface area contributed by atoms with E-state index in [4.69, 9.17) is 11.6 Å². The molecular weight excluding hydrogens is 232 g/mol. The minimum absolute atomic E-state index is 0.784. The van der Waals surface area contributed by atoms with Gasteiger partial charge in [0.2, 0.25) is 0 Å². The highest BCUT2D eigenvalue weighted by atomic mass is 35.5. The Morgan fingerprint density at radius 2 is 2.12 bits per heavy atom. The molecule has 0 aliphatic carbocycles. The third kappa shape index (κ3) is 2.71. The van der Waals surface area contributed by atoms with Gasteiger partial charge in [-0.25, -0.2) is 0 Å². The van der Waals surface area contributed by atoms with Crippen LogP contribution in [-0.2, 0) is 6.54 Å². The van der Waals surface area contributed by atoms with Crippen LogP contribution in [0.3, 0.4) is 0 Å². The van der Waals surface area contributed by atoms with E-state index in [-0.39, 0.29) is 0 Å². The minimum Gasteiger partial charge on any atom is -0.319 e. The molecule has 0 saturated heterocycles. The number of aryl methyl sites for hydroxylation is 1. The third-order valence-electron chi connectivity index (χ3n) is 2.81. The Morgan fingerprint density at radius 1 is 1.29 bits per heavy atom. The fraction of sp³-hybridized carbons (Fsp3) is 0.286. The number of rotatable bonds is 4. The number of nitrogens with one attached hydrogen (secondary N) is 1. The van der Waals surface area contributed by atoms with Crippen molar-refractivity contribution in [2.75, 3.05) is 6.54 Å². The van der Waals surface area contributed by atoms with E-state index in [1.165, 1.54) is 16.9 Å². The van der Waals surface area contributed by atoms with E-state index in [0.29, 0.717) is 0 Å². The van der Waals surface area contributed by atoms with E-state index in [1.807, 2.05) is 12.1 Å². The molecule has 0 spiro atoms. The van der Waals surface area contributed by atoms with E-state index in [9.17, 15) is 0 Å². The number of halogens is 1. The number of hydrogen-bond acceptors (Lipinski definition) is 1. The van der Waals surface area contributed by atoms with Crippen molar-refractivity contribution in [1.82, 2.24) is 9.88 Å². The molecule has 1 aromatic carbocycles. The Bertz CT molecular complexity index is 503. The lowest BCUT2D eigenvalue weighted by Gasteiger charge is -2.12. The lowest BCUT2D eigenvalue weighted by molar-refractivity contribution is 0.697. The van der Waals surface area contributed by atoms with Crippen molar-refractivity contribution in [3.05, 3.63) is 52.8 Å². The summed E-state index contributed by atoms with van der Waals surface area (Å²) in [6, 6.07) is 10.2. The van der Waals surface area contributed by atoms with Crippen molar-refractivity contribution >= 4 is 11.6 Å². The van der Waals surface area contributed by atoms with Gasteiger partial charge in [-0.15, -0.1) is 0 Å². The molecule has 2 rings (SSSR count). The van der Waals surface area contributed by atoms with E-state index in [1.54, 1.807) is 0 Å². The molecule has 0 aliphatic heterocycles. The summed E-state index contributed by atoms with van der Waals surface area (Å²) in [5.74, 6) is 0. The van der Waals surface area contributed by atoms with Crippen LogP contribution in [-0.4, -0.2) is 11.1 Å². The fourth-order valence-corrected chi connectivity index (χ4v) is 2.16. The molecular formula is C14H17ClN2. The predicted molar refractivity (Wildman–Crippen MR) is 72.9 cm³/mol.